The first-order chi connectivity index (χ1) is 14.5. The van der Waals surface area contributed by atoms with Crippen molar-refractivity contribution in [2.45, 2.75) is 31.6 Å². The highest BCUT2D eigenvalue weighted by molar-refractivity contribution is 7.98. The number of para-hydroxylation sites is 1. The third-order valence-corrected chi connectivity index (χ3v) is 4.90. The highest BCUT2D eigenvalue weighted by Gasteiger charge is 2.17. The van der Waals surface area contributed by atoms with E-state index in [4.69, 9.17) is 0 Å². The van der Waals surface area contributed by atoms with E-state index >= 15 is 0 Å². The minimum Gasteiger partial charge on any atom is -0.347 e. The molecule has 0 aliphatic carbocycles. The molecule has 156 valence electrons. The van der Waals surface area contributed by atoms with Crippen LogP contribution in [0.2, 0.25) is 0 Å². The van der Waals surface area contributed by atoms with E-state index in [1.165, 1.54) is 11.8 Å². The van der Waals surface area contributed by atoms with Gasteiger partial charge in [-0.05, 0) is 49.9 Å². The number of carbonyl (C=O) groups is 2. The van der Waals surface area contributed by atoms with Crippen molar-refractivity contribution in [3.63, 3.8) is 0 Å². The normalized spacial score (nSPS) is 10.7. The van der Waals surface area contributed by atoms with E-state index in [1.807, 2.05) is 67.1 Å². The predicted octanol–water partition coefficient (Wildman–Crippen LogP) is 4.05. The quantitative estimate of drug-likeness (QED) is 0.500. The summed E-state index contributed by atoms with van der Waals surface area (Å²) in [6.45, 7) is 4.17. The fraction of sp³-hybridized carbons (Fsp3) is 0.227. The summed E-state index contributed by atoms with van der Waals surface area (Å²) in [4.78, 5) is 28.9. The topological polar surface area (TPSA) is 88.1 Å². The van der Waals surface area contributed by atoms with Crippen LogP contribution in [0.5, 0.6) is 0 Å². The maximum atomic E-state index is 12.8. The van der Waals surface area contributed by atoms with E-state index in [9.17, 15) is 9.59 Å². The van der Waals surface area contributed by atoms with Crippen molar-refractivity contribution in [3.05, 3.63) is 72.1 Å². The first-order valence-electron chi connectivity index (χ1n) is 9.59. The second-order valence-electron chi connectivity index (χ2n) is 6.93. The Morgan fingerprint density at radius 2 is 1.77 bits per heavy atom. The molecule has 2 aromatic carbocycles. The molecule has 3 N–H and O–H groups in total. The lowest BCUT2D eigenvalue weighted by Crippen LogP contribution is -2.34. The van der Waals surface area contributed by atoms with Crippen LogP contribution >= 0.6 is 11.8 Å². The van der Waals surface area contributed by atoms with Crippen LogP contribution in [0, 0.1) is 0 Å². The zero-order valence-corrected chi connectivity index (χ0v) is 18.0. The zero-order chi connectivity index (χ0) is 21.5. The number of aromatic nitrogens is 2. The van der Waals surface area contributed by atoms with Gasteiger partial charge in [-0.15, -0.1) is 0 Å². The monoisotopic (exact) mass is 423 g/mol. The molecule has 0 bridgehead atoms. The Kier molecular flexibility index (Phi) is 7.13. The van der Waals surface area contributed by atoms with Crippen LogP contribution in [0.25, 0.3) is 5.69 Å². The number of urea groups is 1. The average Bonchev–Trinajstić information content (AvgIpc) is 3.17. The Hall–Kier alpha value is -3.26. The predicted molar refractivity (Wildman–Crippen MR) is 120 cm³/mol. The SMILES string of the molecule is CSc1ncc(C(=O)NCc2ccc(NC(=O)NC(C)C)cc2)n1-c1ccccc1. The summed E-state index contributed by atoms with van der Waals surface area (Å²) >= 11 is 1.49. The Morgan fingerprint density at radius 1 is 1.07 bits per heavy atom. The summed E-state index contributed by atoms with van der Waals surface area (Å²) in [5, 5.41) is 9.24. The van der Waals surface area contributed by atoms with Crippen molar-refractivity contribution in [1.29, 1.82) is 0 Å². The lowest BCUT2D eigenvalue weighted by atomic mass is 10.2. The van der Waals surface area contributed by atoms with Crippen LogP contribution in [0.3, 0.4) is 0 Å². The number of carbonyl (C=O) groups excluding carboxylic acids is 2. The van der Waals surface area contributed by atoms with Crippen LogP contribution in [-0.4, -0.2) is 33.8 Å². The van der Waals surface area contributed by atoms with E-state index in [1.54, 1.807) is 18.3 Å². The van der Waals surface area contributed by atoms with Gasteiger partial charge >= 0.3 is 6.03 Å². The number of benzene rings is 2. The van der Waals surface area contributed by atoms with E-state index in [0.29, 0.717) is 17.9 Å². The number of nitrogens with one attached hydrogen (secondary N) is 3. The van der Waals surface area contributed by atoms with E-state index < -0.39 is 0 Å². The molecular weight excluding hydrogens is 398 g/mol. The molecule has 8 heteroatoms. The molecule has 0 fully saturated rings. The Balaban J connectivity index is 1.65. The number of amides is 3. The van der Waals surface area contributed by atoms with Gasteiger partial charge in [0.25, 0.3) is 5.91 Å². The summed E-state index contributed by atoms with van der Waals surface area (Å²) < 4.78 is 1.85. The Bertz CT molecular complexity index is 1000. The van der Waals surface area contributed by atoms with Crippen LogP contribution in [0.15, 0.2) is 66.0 Å². The Morgan fingerprint density at radius 3 is 2.40 bits per heavy atom. The standard InChI is InChI=1S/C22H25N5O2S/c1-15(2)25-21(29)26-17-11-9-16(10-12-17)13-23-20(28)19-14-24-22(30-3)27(19)18-7-5-4-6-8-18/h4-12,14-15H,13H2,1-3H3,(H,23,28)(H2,25,26,29). The first kappa shape index (κ1) is 21.4. The van der Waals surface area contributed by atoms with Crippen LogP contribution < -0.4 is 16.0 Å². The van der Waals surface area contributed by atoms with Crippen molar-refractivity contribution < 1.29 is 9.59 Å². The lowest BCUT2D eigenvalue weighted by Gasteiger charge is -2.12. The minimum absolute atomic E-state index is 0.0652. The number of anilines is 1. The Labute approximate surface area is 180 Å². The minimum atomic E-state index is -0.246. The fourth-order valence-corrected chi connectivity index (χ4v) is 3.42. The largest absolute Gasteiger partial charge is 0.347 e. The van der Waals surface area contributed by atoms with Crippen LogP contribution in [-0.2, 0) is 6.54 Å². The highest BCUT2D eigenvalue weighted by Crippen LogP contribution is 2.21. The molecule has 1 heterocycles. The van der Waals surface area contributed by atoms with E-state index in [-0.39, 0.29) is 18.0 Å². The molecular formula is C22H25N5O2S. The second kappa shape index (κ2) is 9.98. The van der Waals surface area contributed by atoms with Crippen LogP contribution in [0.1, 0.15) is 29.9 Å². The molecule has 0 spiro atoms. The number of thioether (sulfide) groups is 1. The van der Waals surface area contributed by atoms with Gasteiger partial charge in [0.2, 0.25) is 0 Å². The van der Waals surface area contributed by atoms with E-state index in [2.05, 4.69) is 20.9 Å². The molecule has 1 aromatic heterocycles. The third-order valence-electron chi connectivity index (χ3n) is 4.24. The molecule has 30 heavy (non-hydrogen) atoms. The summed E-state index contributed by atoms with van der Waals surface area (Å²) in [6, 6.07) is 16.8. The molecule has 0 atom stereocenters. The van der Waals surface area contributed by atoms with Gasteiger partial charge in [0.15, 0.2) is 5.16 Å². The number of hydrogen-bond donors (Lipinski definition) is 3. The number of hydrogen-bond acceptors (Lipinski definition) is 4. The molecule has 3 amide bonds. The van der Waals surface area contributed by atoms with Gasteiger partial charge in [-0.2, -0.15) is 0 Å². The highest BCUT2D eigenvalue weighted by atomic mass is 32.2. The van der Waals surface area contributed by atoms with Gasteiger partial charge in [-0.1, -0.05) is 42.1 Å². The fourth-order valence-electron chi connectivity index (χ4n) is 2.87. The molecule has 0 saturated heterocycles. The summed E-state index contributed by atoms with van der Waals surface area (Å²) in [5.74, 6) is -0.204. The number of rotatable bonds is 7. The average molecular weight is 424 g/mol. The molecule has 0 unspecified atom stereocenters. The van der Waals surface area contributed by atoms with Gasteiger partial charge in [0, 0.05) is 24.0 Å². The molecule has 3 aromatic rings. The van der Waals surface area contributed by atoms with Crippen molar-refractivity contribution in [1.82, 2.24) is 20.2 Å². The molecule has 7 nitrogen and oxygen atoms in total. The first-order valence-corrected chi connectivity index (χ1v) is 10.8. The zero-order valence-electron chi connectivity index (χ0n) is 17.2. The summed E-state index contributed by atoms with van der Waals surface area (Å²) in [5.41, 5.74) is 2.98. The van der Waals surface area contributed by atoms with Gasteiger partial charge in [-0.25, -0.2) is 9.78 Å². The number of nitrogens with zero attached hydrogens (tertiary/aromatic N) is 2. The van der Waals surface area contributed by atoms with Crippen LogP contribution in [0.4, 0.5) is 10.5 Å². The lowest BCUT2D eigenvalue weighted by molar-refractivity contribution is 0.0943. The molecule has 0 aliphatic rings. The van der Waals surface area contributed by atoms with Gasteiger partial charge in [-0.3, -0.25) is 9.36 Å². The number of imidazole rings is 1. The summed E-state index contributed by atoms with van der Waals surface area (Å²) in [6.07, 6.45) is 3.52. The van der Waals surface area contributed by atoms with Gasteiger partial charge in [0.05, 0.1) is 6.20 Å². The van der Waals surface area contributed by atoms with Gasteiger partial charge < -0.3 is 16.0 Å². The van der Waals surface area contributed by atoms with Crippen molar-refractivity contribution >= 4 is 29.4 Å². The smallest absolute Gasteiger partial charge is 0.319 e. The maximum absolute atomic E-state index is 12.8. The van der Waals surface area contributed by atoms with E-state index in [0.717, 1.165) is 16.4 Å². The van der Waals surface area contributed by atoms with Crippen molar-refractivity contribution in [2.24, 2.45) is 0 Å². The molecule has 0 radical (unpaired) electrons. The molecule has 0 aliphatic heterocycles. The molecule has 3 rings (SSSR count). The second-order valence-corrected chi connectivity index (χ2v) is 7.71. The van der Waals surface area contributed by atoms with Gasteiger partial charge in [0.1, 0.15) is 5.69 Å². The third kappa shape index (κ3) is 5.42. The van der Waals surface area contributed by atoms with Crippen molar-refractivity contribution in [2.75, 3.05) is 11.6 Å². The molecule has 0 saturated carbocycles. The maximum Gasteiger partial charge on any atom is 0.319 e. The van der Waals surface area contributed by atoms with Crippen molar-refractivity contribution in [3.8, 4) is 5.69 Å². The summed E-state index contributed by atoms with van der Waals surface area (Å²) in [7, 11) is 0.